The molecule has 0 aliphatic heterocycles. The molecule has 1 atom stereocenters. The molecule has 180 valence electrons. The SMILES string of the molecule is CC[C@H](C(=O)NC1CCCC1)N(C(=O)Cn1nnc(-c2ccc(C)o2)n1)c1cc(C)ccc1C. The van der Waals surface area contributed by atoms with Crippen LogP contribution in [0, 0.1) is 20.8 Å². The summed E-state index contributed by atoms with van der Waals surface area (Å²) in [6.07, 6.45) is 4.70. The zero-order valence-electron chi connectivity index (χ0n) is 20.2. The molecule has 0 radical (unpaired) electrons. The van der Waals surface area contributed by atoms with Gasteiger partial charge in [0.1, 0.15) is 18.3 Å². The fourth-order valence-electron chi connectivity index (χ4n) is 4.47. The first kappa shape index (κ1) is 23.7. The Morgan fingerprint density at radius 1 is 1.18 bits per heavy atom. The standard InChI is InChI=1S/C25H32N6O3/c1-5-20(25(33)26-19-8-6-7-9-19)31(21-14-16(2)10-11-17(21)3)23(32)15-30-28-24(27-29-30)22-13-12-18(4)34-22/h10-14,19-20H,5-9,15H2,1-4H3,(H,26,33)/t20-/m1/s1. The third-order valence-corrected chi connectivity index (χ3v) is 6.29. The van der Waals surface area contributed by atoms with Gasteiger partial charge >= 0.3 is 0 Å². The Bertz CT molecular complexity index is 1160. The van der Waals surface area contributed by atoms with Crippen LogP contribution in [0.5, 0.6) is 0 Å². The maximum atomic E-state index is 13.7. The molecule has 3 aromatic rings. The number of amides is 2. The molecule has 1 fully saturated rings. The second kappa shape index (κ2) is 10.2. The predicted molar refractivity (Wildman–Crippen MR) is 128 cm³/mol. The first-order valence-electron chi connectivity index (χ1n) is 11.9. The first-order valence-corrected chi connectivity index (χ1v) is 11.9. The molecule has 34 heavy (non-hydrogen) atoms. The second-order valence-electron chi connectivity index (χ2n) is 9.02. The zero-order valence-corrected chi connectivity index (χ0v) is 20.2. The van der Waals surface area contributed by atoms with Crippen LogP contribution in [0.2, 0.25) is 0 Å². The van der Waals surface area contributed by atoms with Gasteiger partial charge in [-0.1, -0.05) is 31.9 Å². The summed E-state index contributed by atoms with van der Waals surface area (Å²) in [6.45, 7) is 7.53. The van der Waals surface area contributed by atoms with E-state index in [4.69, 9.17) is 4.42 Å². The van der Waals surface area contributed by atoms with E-state index in [2.05, 4.69) is 20.7 Å². The van der Waals surface area contributed by atoms with Gasteiger partial charge in [0, 0.05) is 11.7 Å². The number of tetrazole rings is 1. The fraction of sp³-hybridized carbons (Fsp3) is 0.480. The number of aryl methyl sites for hydroxylation is 3. The quantitative estimate of drug-likeness (QED) is 0.544. The average Bonchev–Trinajstić information content (AvgIpc) is 3.56. The number of hydrogen-bond donors (Lipinski definition) is 1. The lowest BCUT2D eigenvalue weighted by molar-refractivity contribution is -0.127. The molecule has 1 aliphatic rings. The number of anilines is 1. The van der Waals surface area contributed by atoms with Crippen molar-refractivity contribution in [3.05, 3.63) is 47.2 Å². The van der Waals surface area contributed by atoms with Crippen LogP contribution < -0.4 is 10.2 Å². The summed E-state index contributed by atoms with van der Waals surface area (Å²) in [7, 11) is 0. The third kappa shape index (κ3) is 5.18. The van der Waals surface area contributed by atoms with Gasteiger partial charge < -0.3 is 9.73 Å². The number of hydrogen-bond acceptors (Lipinski definition) is 6. The third-order valence-electron chi connectivity index (χ3n) is 6.29. The second-order valence-corrected chi connectivity index (χ2v) is 9.02. The summed E-state index contributed by atoms with van der Waals surface area (Å²) in [6, 6.07) is 9.04. The van der Waals surface area contributed by atoms with E-state index in [0.29, 0.717) is 18.0 Å². The maximum Gasteiger partial charge on any atom is 0.251 e. The van der Waals surface area contributed by atoms with Crippen molar-refractivity contribution in [1.82, 2.24) is 25.5 Å². The van der Waals surface area contributed by atoms with Crippen molar-refractivity contribution in [2.24, 2.45) is 0 Å². The zero-order chi connectivity index (χ0) is 24.2. The lowest BCUT2D eigenvalue weighted by Crippen LogP contribution is -2.52. The summed E-state index contributed by atoms with van der Waals surface area (Å²) in [5.41, 5.74) is 2.66. The van der Waals surface area contributed by atoms with Crippen LogP contribution in [-0.2, 0) is 16.1 Å². The minimum Gasteiger partial charge on any atom is -0.458 e. The smallest absolute Gasteiger partial charge is 0.251 e. The van der Waals surface area contributed by atoms with Crippen molar-refractivity contribution in [2.45, 2.75) is 78.4 Å². The molecule has 4 rings (SSSR count). The fourth-order valence-corrected chi connectivity index (χ4v) is 4.47. The Balaban J connectivity index is 1.61. The van der Waals surface area contributed by atoms with Gasteiger partial charge in [0.15, 0.2) is 5.76 Å². The van der Waals surface area contributed by atoms with Gasteiger partial charge in [-0.05, 0) is 74.6 Å². The van der Waals surface area contributed by atoms with Crippen molar-refractivity contribution >= 4 is 17.5 Å². The lowest BCUT2D eigenvalue weighted by Gasteiger charge is -2.32. The van der Waals surface area contributed by atoms with Crippen LogP contribution in [-0.4, -0.2) is 44.1 Å². The van der Waals surface area contributed by atoms with Crippen molar-refractivity contribution in [3.8, 4) is 11.6 Å². The Hall–Kier alpha value is -3.49. The summed E-state index contributed by atoms with van der Waals surface area (Å²) >= 11 is 0. The summed E-state index contributed by atoms with van der Waals surface area (Å²) in [5, 5.41) is 15.5. The summed E-state index contributed by atoms with van der Waals surface area (Å²) in [5.74, 6) is 1.14. The highest BCUT2D eigenvalue weighted by Gasteiger charge is 2.33. The molecule has 2 heterocycles. The Morgan fingerprint density at radius 2 is 1.94 bits per heavy atom. The number of rotatable bonds is 8. The van der Waals surface area contributed by atoms with Gasteiger partial charge in [0.25, 0.3) is 5.91 Å². The van der Waals surface area contributed by atoms with Crippen molar-refractivity contribution in [1.29, 1.82) is 0 Å². The molecule has 9 heteroatoms. The largest absolute Gasteiger partial charge is 0.458 e. The number of furan rings is 1. The number of benzene rings is 1. The average molecular weight is 465 g/mol. The Kier molecular flexibility index (Phi) is 7.09. The minimum absolute atomic E-state index is 0.123. The number of nitrogens with zero attached hydrogens (tertiary/aromatic N) is 5. The lowest BCUT2D eigenvalue weighted by atomic mass is 10.0. The van der Waals surface area contributed by atoms with Gasteiger partial charge in [-0.3, -0.25) is 14.5 Å². The minimum atomic E-state index is -0.635. The highest BCUT2D eigenvalue weighted by atomic mass is 16.3. The van der Waals surface area contributed by atoms with E-state index in [1.807, 2.05) is 52.0 Å². The predicted octanol–water partition coefficient (Wildman–Crippen LogP) is 3.73. The molecule has 9 nitrogen and oxygen atoms in total. The molecular weight excluding hydrogens is 432 g/mol. The van der Waals surface area contributed by atoms with Crippen LogP contribution in [0.4, 0.5) is 5.69 Å². The molecule has 1 saturated carbocycles. The van der Waals surface area contributed by atoms with Crippen LogP contribution >= 0.6 is 0 Å². The van der Waals surface area contributed by atoms with Crippen molar-refractivity contribution in [2.75, 3.05) is 4.90 Å². The number of carbonyl (C=O) groups is 2. The molecule has 2 aromatic heterocycles. The van der Waals surface area contributed by atoms with E-state index in [9.17, 15) is 9.59 Å². The van der Waals surface area contributed by atoms with Gasteiger partial charge in [-0.2, -0.15) is 4.80 Å². The first-order chi connectivity index (χ1) is 16.4. The molecule has 0 unspecified atom stereocenters. The highest BCUT2D eigenvalue weighted by Crippen LogP contribution is 2.26. The van der Waals surface area contributed by atoms with E-state index >= 15 is 0 Å². The topological polar surface area (TPSA) is 106 Å². The van der Waals surface area contributed by atoms with E-state index in [0.717, 1.165) is 48.3 Å². The molecule has 2 amide bonds. The van der Waals surface area contributed by atoms with Crippen molar-refractivity contribution < 1.29 is 14.0 Å². The van der Waals surface area contributed by atoms with Crippen molar-refractivity contribution in [3.63, 3.8) is 0 Å². The summed E-state index contributed by atoms with van der Waals surface area (Å²) < 4.78 is 5.56. The number of aromatic nitrogens is 4. The van der Waals surface area contributed by atoms with Gasteiger partial charge in [0.05, 0.1) is 0 Å². The monoisotopic (exact) mass is 464 g/mol. The molecule has 0 spiro atoms. The number of nitrogens with one attached hydrogen (secondary N) is 1. The van der Waals surface area contributed by atoms with Crippen LogP contribution in [0.15, 0.2) is 34.7 Å². The van der Waals surface area contributed by atoms with E-state index in [1.165, 1.54) is 4.80 Å². The molecule has 0 bridgehead atoms. The van der Waals surface area contributed by atoms with E-state index < -0.39 is 6.04 Å². The molecule has 1 N–H and O–H groups in total. The number of carbonyl (C=O) groups excluding carboxylic acids is 2. The highest BCUT2D eigenvalue weighted by molar-refractivity contribution is 6.01. The molecular formula is C25H32N6O3. The summed E-state index contributed by atoms with van der Waals surface area (Å²) in [4.78, 5) is 29.8. The Morgan fingerprint density at radius 3 is 2.62 bits per heavy atom. The van der Waals surface area contributed by atoms with E-state index in [1.54, 1.807) is 11.0 Å². The molecule has 1 aliphatic carbocycles. The van der Waals surface area contributed by atoms with Gasteiger partial charge in [-0.15, -0.1) is 10.2 Å². The van der Waals surface area contributed by atoms with Gasteiger partial charge in [0.2, 0.25) is 11.7 Å². The normalized spacial score (nSPS) is 14.8. The van der Waals surface area contributed by atoms with Crippen LogP contribution in [0.3, 0.4) is 0 Å². The molecule has 1 aromatic carbocycles. The van der Waals surface area contributed by atoms with Gasteiger partial charge in [-0.25, -0.2) is 0 Å². The maximum absolute atomic E-state index is 13.7. The Labute approximate surface area is 199 Å². The van der Waals surface area contributed by atoms with Crippen LogP contribution in [0.25, 0.3) is 11.6 Å². The molecule has 0 saturated heterocycles. The van der Waals surface area contributed by atoms with E-state index in [-0.39, 0.29) is 24.4 Å². The van der Waals surface area contributed by atoms with Crippen LogP contribution in [0.1, 0.15) is 55.9 Å².